The maximum absolute atomic E-state index is 11.7. The number of carboxylic acids is 1. The number of nitrogens with one attached hydrogen (secondary N) is 1. The van der Waals surface area contributed by atoms with Gasteiger partial charge in [-0.3, -0.25) is 9.59 Å². The smallest absolute Gasteiger partial charge is 0.308 e. The fraction of sp³-hybridized carbons (Fsp3) is 0.467. The summed E-state index contributed by atoms with van der Waals surface area (Å²) in [6, 6.07) is 6.84. The van der Waals surface area contributed by atoms with E-state index in [1.807, 2.05) is 13.8 Å². The second-order valence-corrected chi connectivity index (χ2v) is 5.60. The molecule has 0 heterocycles. The molecule has 1 rings (SSSR count). The predicted octanol–water partition coefficient (Wildman–Crippen LogP) is 2.58. The van der Waals surface area contributed by atoms with Crippen LogP contribution in [0.15, 0.2) is 24.3 Å². The molecule has 0 aliphatic rings. The van der Waals surface area contributed by atoms with Gasteiger partial charge in [-0.15, -0.1) is 0 Å². The van der Waals surface area contributed by atoms with Gasteiger partial charge in [-0.1, -0.05) is 37.6 Å². The first-order valence-corrected chi connectivity index (χ1v) is 7.14. The second kappa shape index (κ2) is 8.52. The quantitative estimate of drug-likeness (QED) is 0.773. The largest absolute Gasteiger partial charge is 0.482 e. The van der Waals surface area contributed by atoms with E-state index < -0.39 is 11.9 Å². The molecule has 2 N–H and O–H groups in total. The van der Waals surface area contributed by atoms with Crippen molar-refractivity contribution in [3.8, 4) is 5.75 Å². The minimum Gasteiger partial charge on any atom is -0.482 e. The number of carboxylic acid groups (broad SMARTS) is 1. The Kier molecular flexibility index (Phi) is 7.02. The molecular formula is C15H20ClNO4. The Labute approximate surface area is 129 Å². The fourth-order valence-corrected chi connectivity index (χ4v) is 2.02. The van der Waals surface area contributed by atoms with Crippen LogP contribution in [0.2, 0.25) is 5.02 Å². The highest BCUT2D eigenvalue weighted by molar-refractivity contribution is 6.32. The summed E-state index contributed by atoms with van der Waals surface area (Å²) < 4.78 is 5.28. The van der Waals surface area contributed by atoms with Crippen LogP contribution in [0, 0.1) is 11.8 Å². The number of rotatable bonds is 8. The van der Waals surface area contributed by atoms with Crippen LogP contribution in [0.3, 0.4) is 0 Å². The number of carbonyl (C=O) groups is 2. The molecule has 0 bridgehead atoms. The number of para-hydroxylation sites is 1. The van der Waals surface area contributed by atoms with E-state index >= 15 is 0 Å². The Hall–Kier alpha value is -1.75. The number of ether oxygens (including phenoxy) is 1. The standard InChI is InChI=1S/C15H20ClNO4/c1-10(2)7-11(15(19)20)8-17-14(18)9-21-13-6-4-3-5-12(13)16/h3-6,10-11H,7-9H2,1-2H3,(H,17,18)(H,19,20). The molecule has 6 heteroatoms. The number of hydrogen-bond acceptors (Lipinski definition) is 3. The van der Waals surface area contributed by atoms with Gasteiger partial charge in [0.05, 0.1) is 10.9 Å². The predicted molar refractivity (Wildman–Crippen MR) is 80.5 cm³/mol. The number of aliphatic carboxylic acids is 1. The van der Waals surface area contributed by atoms with Crippen LogP contribution in [0.1, 0.15) is 20.3 Å². The average molecular weight is 314 g/mol. The molecule has 1 aromatic rings. The molecular weight excluding hydrogens is 294 g/mol. The Morgan fingerprint density at radius 2 is 2.00 bits per heavy atom. The molecule has 21 heavy (non-hydrogen) atoms. The minimum atomic E-state index is -0.906. The van der Waals surface area contributed by atoms with Gasteiger partial charge in [-0.25, -0.2) is 0 Å². The zero-order valence-corrected chi connectivity index (χ0v) is 12.9. The summed E-state index contributed by atoms with van der Waals surface area (Å²) in [4.78, 5) is 22.7. The van der Waals surface area contributed by atoms with E-state index in [9.17, 15) is 9.59 Å². The lowest BCUT2D eigenvalue weighted by Gasteiger charge is -2.15. The number of carbonyl (C=O) groups excluding carboxylic acids is 1. The summed E-state index contributed by atoms with van der Waals surface area (Å²) in [5.41, 5.74) is 0. The van der Waals surface area contributed by atoms with Gasteiger partial charge in [0.2, 0.25) is 0 Å². The minimum absolute atomic E-state index is 0.0955. The van der Waals surface area contributed by atoms with Crippen LogP contribution < -0.4 is 10.1 Å². The third-order valence-electron chi connectivity index (χ3n) is 2.85. The van der Waals surface area contributed by atoms with Crippen molar-refractivity contribution in [3.05, 3.63) is 29.3 Å². The lowest BCUT2D eigenvalue weighted by atomic mass is 9.97. The average Bonchev–Trinajstić information content (AvgIpc) is 2.41. The first-order chi connectivity index (χ1) is 9.90. The lowest BCUT2D eigenvalue weighted by Crippen LogP contribution is -2.36. The van der Waals surface area contributed by atoms with E-state index in [1.165, 1.54) is 0 Å². The monoisotopic (exact) mass is 313 g/mol. The Bertz CT molecular complexity index is 490. The molecule has 0 aliphatic carbocycles. The van der Waals surface area contributed by atoms with Gasteiger partial charge in [0.15, 0.2) is 6.61 Å². The molecule has 0 saturated heterocycles. The summed E-state index contributed by atoms with van der Waals surface area (Å²) >= 11 is 5.90. The molecule has 0 spiro atoms. The summed E-state index contributed by atoms with van der Waals surface area (Å²) in [7, 11) is 0. The van der Waals surface area contributed by atoms with Crippen molar-refractivity contribution >= 4 is 23.5 Å². The molecule has 0 aromatic heterocycles. The summed E-state index contributed by atoms with van der Waals surface area (Å²) in [5, 5.41) is 12.1. The zero-order valence-electron chi connectivity index (χ0n) is 12.1. The number of halogens is 1. The summed E-state index contributed by atoms with van der Waals surface area (Å²) in [6.07, 6.45) is 0.515. The van der Waals surface area contributed by atoms with Crippen molar-refractivity contribution in [2.45, 2.75) is 20.3 Å². The molecule has 0 radical (unpaired) electrons. The Morgan fingerprint density at radius 1 is 1.33 bits per heavy atom. The molecule has 1 atom stereocenters. The molecule has 0 fully saturated rings. The van der Waals surface area contributed by atoms with Crippen LogP contribution in [0.25, 0.3) is 0 Å². The molecule has 0 aliphatic heterocycles. The highest BCUT2D eigenvalue weighted by Crippen LogP contribution is 2.22. The SMILES string of the molecule is CC(C)CC(CNC(=O)COc1ccccc1Cl)C(=O)O. The van der Waals surface area contributed by atoms with Crippen molar-refractivity contribution in [2.24, 2.45) is 11.8 Å². The van der Waals surface area contributed by atoms with E-state index in [2.05, 4.69) is 5.32 Å². The maximum Gasteiger partial charge on any atom is 0.308 e. The van der Waals surface area contributed by atoms with Crippen molar-refractivity contribution in [1.29, 1.82) is 0 Å². The van der Waals surface area contributed by atoms with Gasteiger partial charge in [0.25, 0.3) is 5.91 Å². The highest BCUT2D eigenvalue weighted by atomic mass is 35.5. The number of hydrogen-bond donors (Lipinski definition) is 2. The van der Waals surface area contributed by atoms with Gasteiger partial charge in [-0.05, 0) is 24.5 Å². The van der Waals surface area contributed by atoms with Crippen LogP contribution in [0.4, 0.5) is 0 Å². The van der Waals surface area contributed by atoms with Gasteiger partial charge in [-0.2, -0.15) is 0 Å². The Balaban J connectivity index is 2.39. The van der Waals surface area contributed by atoms with Gasteiger partial charge in [0.1, 0.15) is 5.75 Å². The van der Waals surface area contributed by atoms with Gasteiger partial charge < -0.3 is 15.2 Å². The highest BCUT2D eigenvalue weighted by Gasteiger charge is 2.19. The zero-order chi connectivity index (χ0) is 15.8. The molecule has 1 aromatic carbocycles. The summed E-state index contributed by atoms with van der Waals surface area (Å²) in [5.74, 6) is -1.19. The molecule has 0 saturated carbocycles. The van der Waals surface area contributed by atoms with Crippen molar-refractivity contribution in [2.75, 3.05) is 13.2 Å². The van der Waals surface area contributed by atoms with Crippen molar-refractivity contribution in [1.82, 2.24) is 5.32 Å². The normalized spacial score (nSPS) is 12.0. The third-order valence-corrected chi connectivity index (χ3v) is 3.16. The summed E-state index contributed by atoms with van der Waals surface area (Å²) in [6.45, 7) is 3.78. The maximum atomic E-state index is 11.7. The van der Waals surface area contributed by atoms with Crippen LogP contribution >= 0.6 is 11.6 Å². The van der Waals surface area contributed by atoms with Crippen LogP contribution in [0.5, 0.6) is 5.75 Å². The van der Waals surface area contributed by atoms with E-state index in [-0.39, 0.29) is 25.0 Å². The first kappa shape index (κ1) is 17.3. The Morgan fingerprint density at radius 3 is 2.57 bits per heavy atom. The molecule has 1 unspecified atom stereocenters. The fourth-order valence-electron chi connectivity index (χ4n) is 1.83. The van der Waals surface area contributed by atoms with E-state index in [1.54, 1.807) is 24.3 Å². The number of benzene rings is 1. The molecule has 5 nitrogen and oxygen atoms in total. The second-order valence-electron chi connectivity index (χ2n) is 5.19. The van der Waals surface area contributed by atoms with E-state index in [0.29, 0.717) is 17.2 Å². The van der Waals surface area contributed by atoms with Gasteiger partial charge >= 0.3 is 5.97 Å². The van der Waals surface area contributed by atoms with Crippen molar-refractivity contribution < 1.29 is 19.4 Å². The first-order valence-electron chi connectivity index (χ1n) is 6.77. The lowest BCUT2D eigenvalue weighted by molar-refractivity contribution is -0.142. The topological polar surface area (TPSA) is 75.6 Å². The number of amides is 1. The third kappa shape index (κ3) is 6.49. The van der Waals surface area contributed by atoms with E-state index in [0.717, 1.165) is 0 Å². The van der Waals surface area contributed by atoms with E-state index in [4.69, 9.17) is 21.4 Å². The van der Waals surface area contributed by atoms with Crippen molar-refractivity contribution in [3.63, 3.8) is 0 Å². The van der Waals surface area contributed by atoms with Crippen LogP contribution in [-0.2, 0) is 9.59 Å². The molecule has 116 valence electrons. The van der Waals surface area contributed by atoms with Gasteiger partial charge in [0, 0.05) is 6.54 Å². The van der Waals surface area contributed by atoms with Crippen LogP contribution in [-0.4, -0.2) is 30.1 Å². The molecule has 1 amide bonds.